The molecule has 1 aromatic heterocycles. The van der Waals surface area contributed by atoms with E-state index in [0.717, 1.165) is 46.3 Å². The molecule has 2 heterocycles. The monoisotopic (exact) mass is 373 g/mol. The van der Waals surface area contributed by atoms with Crippen molar-refractivity contribution in [3.05, 3.63) is 72.6 Å². The number of para-hydroxylation sites is 1. The van der Waals surface area contributed by atoms with Gasteiger partial charge in [-0.2, -0.15) is 0 Å². The summed E-state index contributed by atoms with van der Waals surface area (Å²) in [6, 6.07) is 16.2. The lowest BCUT2D eigenvalue weighted by atomic mass is 9.77. The van der Waals surface area contributed by atoms with E-state index in [-0.39, 0.29) is 5.60 Å². The van der Waals surface area contributed by atoms with E-state index >= 15 is 0 Å². The summed E-state index contributed by atoms with van der Waals surface area (Å²) in [7, 11) is 0. The minimum atomic E-state index is -0.183. The largest absolute Gasteiger partial charge is 0.482 e. The van der Waals surface area contributed by atoms with Crippen LogP contribution in [0.1, 0.15) is 24.8 Å². The molecule has 0 saturated heterocycles. The molecule has 2 aromatic carbocycles. The standard InChI is InChI=1S/C22H19N3OS/c27-21(24-18-7-3-5-15-14-23-12-9-16(15)18)25-19-13-22(10-4-11-22)26-20-8-2-1-6-17(19)20/h1-3,5-9,12-14H,4,10-11H2,(H2,24,25,27). The van der Waals surface area contributed by atoms with Crippen molar-refractivity contribution in [2.75, 3.05) is 5.32 Å². The summed E-state index contributed by atoms with van der Waals surface area (Å²) < 4.78 is 6.26. The molecule has 1 aliphatic carbocycles. The Bertz CT molecular complexity index is 1070. The summed E-state index contributed by atoms with van der Waals surface area (Å²) in [6.07, 6.45) is 9.13. The van der Waals surface area contributed by atoms with Crippen molar-refractivity contribution in [3.8, 4) is 5.75 Å². The van der Waals surface area contributed by atoms with Gasteiger partial charge < -0.3 is 15.4 Å². The number of anilines is 1. The molecule has 1 saturated carbocycles. The van der Waals surface area contributed by atoms with E-state index in [1.165, 1.54) is 6.42 Å². The molecule has 134 valence electrons. The molecule has 5 heteroatoms. The number of nitrogens with one attached hydrogen (secondary N) is 2. The van der Waals surface area contributed by atoms with Crippen LogP contribution in [0.4, 0.5) is 5.69 Å². The third kappa shape index (κ3) is 2.94. The number of aromatic nitrogens is 1. The van der Waals surface area contributed by atoms with E-state index in [1.807, 2.05) is 48.7 Å². The molecule has 0 atom stereocenters. The molecule has 2 N–H and O–H groups in total. The van der Waals surface area contributed by atoms with Crippen LogP contribution in [0, 0.1) is 0 Å². The minimum Gasteiger partial charge on any atom is -0.482 e. The number of rotatable bonds is 2. The Morgan fingerprint density at radius 3 is 2.78 bits per heavy atom. The Morgan fingerprint density at radius 2 is 1.93 bits per heavy atom. The van der Waals surface area contributed by atoms with Crippen LogP contribution in [0.5, 0.6) is 5.75 Å². The van der Waals surface area contributed by atoms with Crippen LogP contribution >= 0.6 is 12.2 Å². The number of ether oxygens (including phenoxy) is 1. The summed E-state index contributed by atoms with van der Waals surface area (Å²) in [4.78, 5) is 4.18. The highest BCUT2D eigenvalue weighted by atomic mass is 32.1. The van der Waals surface area contributed by atoms with Crippen LogP contribution in [0.3, 0.4) is 0 Å². The van der Waals surface area contributed by atoms with Crippen LogP contribution in [0.2, 0.25) is 0 Å². The maximum Gasteiger partial charge on any atom is 0.175 e. The Morgan fingerprint density at radius 1 is 1.04 bits per heavy atom. The number of pyridine rings is 1. The van der Waals surface area contributed by atoms with Gasteiger partial charge in [-0.15, -0.1) is 0 Å². The number of hydrogen-bond acceptors (Lipinski definition) is 3. The average Bonchev–Trinajstić information content (AvgIpc) is 2.67. The topological polar surface area (TPSA) is 46.2 Å². The van der Waals surface area contributed by atoms with Crippen molar-refractivity contribution in [2.45, 2.75) is 24.9 Å². The van der Waals surface area contributed by atoms with E-state index in [4.69, 9.17) is 17.0 Å². The summed E-state index contributed by atoms with van der Waals surface area (Å²) in [6.45, 7) is 0. The van der Waals surface area contributed by atoms with Crippen LogP contribution in [-0.4, -0.2) is 15.7 Å². The highest BCUT2D eigenvalue weighted by molar-refractivity contribution is 7.80. The second kappa shape index (κ2) is 6.35. The van der Waals surface area contributed by atoms with E-state index < -0.39 is 0 Å². The van der Waals surface area contributed by atoms with Gasteiger partial charge >= 0.3 is 0 Å². The first-order chi connectivity index (χ1) is 13.2. The molecule has 4 nitrogen and oxygen atoms in total. The van der Waals surface area contributed by atoms with Crippen molar-refractivity contribution in [1.82, 2.24) is 10.3 Å². The number of benzene rings is 2. The Balaban J connectivity index is 1.43. The Labute approximate surface area is 163 Å². The normalized spacial score (nSPS) is 16.7. The lowest BCUT2D eigenvalue weighted by Gasteiger charge is -2.43. The molecule has 0 radical (unpaired) electrons. The molecule has 1 aliphatic heterocycles. The second-order valence-electron chi connectivity index (χ2n) is 7.06. The first-order valence-electron chi connectivity index (χ1n) is 9.15. The van der Waals surface area contributed by atoms with Crippen molar-refractivity contribution in [2.24, 2.45) is 0 Å². The van der Waals surface area contributed by atoms with Crippen LogP contribution in [-0.2, 0) is 0 Å². The fraction of sp³-hybridized carbons (Fsp3) is 0.182. The van der Waals surface area contributed by atoms with Gasteiger partial charge in [-0.1, -0.05) is 24.3 Å². The van der Waals surface area contributed by atoms with Crippen molar-refractivity contribution in [1.29, 1.82) is 0 Å². The van der Waals surface area contributed by atoms with Gasteiger partial charge in [0.25, 0.3) is 0 Å². The van der Waals surface area contributed by atoms with Crippen molar-refractivity contribution >= 4 is 39.5 Å². The number of hydrogen-bond donors (Lipinski definition) is 2. The van der Waals surface area contributed by atoms with Gasteiger partial charge in [0.05, 0.1) is 5.70 Å². The van der Waals surface area contributed by atoms with Gasteiger partial charge in [0.2, 0.25) is 0 Å². The Hall–Kier alpha value is -2.92. The summed E-state index contributed by atoms with van der Waals surface area (Å²) in [5.74, 6) is 0.918. The molecular weight excluding hydrogens is 354 g/mol. The van der Waals surface area contributed by atoms with Gasteiger partial charge in [-0.3, -0.25) is 4.98 Å². The van der Waals surface area contributed by atoms with Crippen molar-refractivity contribution in [3.63, 3.8) is 0 Å². The number of nitrogens with zero attached hydrogens (tertiary/aromatic N) is 1. The first kappa shape index (κ1) is 16.3. The SMILES string of the molecule is S=C(NC1=CC2(CCC2)Oc2ccccc21)Nc1cccc2cnccc12. The molecule has 5 rings (SSSR count). The number of thiocarbonyl (C=S) groups is 1. The fourth-order valence-electron chi connectivity index (χ4n) is 3.75. The summed E-state index contributed by atoms with van der Waals surface area (Å²) >= 11 is 5.62. The second-order valence-corrected chi connectivity index (χ2v) is 7.46. The zero-order chi connectivity index (χ0) is 18.3. The van der Waals surface area contributed by atoms with E-state index in [1.54, 1.807) is 6.20 Å². The molecule has 1 fully saturated rings. The molecule has 0 bridgehead atoms. The highest BCUT2D eigenvalue weighted by Crippen LogP contribution is 2.44. The third-order valence-corrected chi connectivity index (χ3v) is 5.48. The zero-order valence-corrected chi connectivity index (χ0v) is 15.6. The molecule has 1 spiro atoms. The molecule has 3 aromatic rings. The van der Waals surface area contributed by atoms with E-state index in [0.29, 0.717) is 5.11 Å². The predicted octanol–water partition coefficient (Wildman–Crippen LogP) is 4.88. The van der Waals surface area contributed by atoms with Crippen LogP contribution < -0.4 is 15.4 Å². The van der Waals surface area contributed by atoms with Crippen LogP contribution in [0.25, 0.3) is 16.5 Å². The lowest BCUT2D eigenvalue weighted by molar-refractivity contribution is 0.0373. The average molecular weight is 373 g/mol. The molecule has 2 aliphatic rings. The fourth-order valence-corrected chi connectivity index (χ4v) is 3.97. The molecule has 0 unspecified atom stereocenters. The zero-order valence-electron chi connectivity index (χ0n) is 14.7. The van der Waals surface area contributed by atoms with Gasteiger partial charge in [-0.25, -0.2) is 0 Å². The van der Waals surface area contributed by atoms with Gasteiger partial charge in [0.1, 0.15) is 11.4 Å². The lowest BCUT2D eigenvalue weighted by Crippen LogP contribution is -2.44. The summed E-state index contributed by atoms with van der Waals surface area (Å²) in [5, 5.41) is 9.47. The molecule has 0 amide bonds. The first-order valence-corrected chi connectivity index (χ1v) is 9.55. The maximum absolute atomic E-state index is 6.26. The van der Waals surface area contributed by atoms with Gasteiger partial charge in [0, 0.05) is 34.4 Å². The Kier molecular flexibility index (Phi) is 3.83. The van der Waals surface area contributed by atoms with Gasteiger partial charge in [-0.05, 0) is 61.8 Å². The summed E-state index contributed by atoms with van der Waals surface area (Å²) in [5.41, 5.74) is 2.83. The number of fused-ring (bicyclic) bond motifs is 2. The molecular formula is C22H19N3OS. The quantitative estimate of drug-likeness (QED) is 0.627. The predicted molar refractivity (Wildman–Crippen MR) is 113 cm³/mol. The molecule has 27 heavy (non-hydrogen) atoms. The van der Waals surface area contributed by atoms with Crippen LogP contribution in [0.15, 0.2) is 67.0 Å². The highest BCUT2D eigenvalue weighted by Gasteiger charge is 2.41. The third-order valence-electron chi connectivity index (χ3n) is 5.27. The van der Waals surface area contributed by atoms with Crippen molar-refractivity contribution < 1.29 is 4.74 Å². The minimum absolute atomic E-state index is 0.183. The maximum atomic E-state index is 6.26. The van der Waals surface area contributed by atoms with E-state index in [2.05, 4.69) is 27.8 Å². The van der Waals surface area contributed by atoms with E-state index in [9.17, 15) is 0 Å². The smallest absolute Gasteiger partial charge is 0.175 e. The van der Waals surface area contributed by atoms with Gasteiger partial charge in [0.15, 0.2) is 5.11 Å².